The van der Waals surface area contributed by atoms with E-state index in [4.69, 9.17) is 22.1 Å². The third-order valence-corrected chi connectivity index (χ3v) is 5.11. The third kappa shape index (κ3) is 3.72. The predicted octanol–water partition coefficient (Wildman–Crippen LogP) is 3.34. The number of sulfonamides is 1. The lowest BCUT2D eigenvalue weighted by molar-refractivity contribution is 0.414. The Balaban J connectivity index is 2.38. The van der Waals surface area contributed by atoms with Crippen molar-refractivity contribution in [3.8, 4) is 5.75 Å². The van der Waals surface area contributed by atoms with Crippen LogP contribution in [0, 0.1) is 3.57 Å². The molecule has 0 heterocycles. The lowest BCUT2D eigenvalue weighted by Gasteiger charge is -2.12. The van der Waals surface area contributed by atoms with E-state index in [0.29, 0.717) is 16.5 Å². The van der Waals surface area contributed by atoms with Gasteiger partial charge in [0.05, 0.1) is 23.5 Å². The molecule has 21 heavy (non-hydrogen) atoms. The van der Waals surface area contributed by atoms with Gasteiger partial charge in [-0.2, -0.15) is 0 Å². The smallest absolute Gasteiger partial charge is 0.263 e. The standard InChI is InChI=1S/C13H12ClIN2O3S/c1-20-9-3-5-13(11(16)7-9)21(18,19)17-12-4-2-8(15)6-10(12)14/h2-7,17H,16H2,1H3. The molecule has 0 atom stereocenters. The van der Waals surface area contributed by atoms with Crippen LogP contribution in [0.5, 0.6) is 5.75 Å². The first kappa shape index (κ1) is 16.2. The number of nitrogen functional groups attached to an aromatic ring is 1. The van der Waals surface area contributed by atoms with Crippen molar-refractivity contribution in [1.82, 2.24) is 0 Å². The van der Waals surface area contributed by atoms with Gasteiger partial charge in [-0.15, -0.1) is 0 Å². The summed E-state index contributed by atoms with van der Waals surface area (Å²) in [6.45, 7) is 0. The van der Waals surface area contributed by atoms with E-state index < -0.39 is 10.0 Å². The summed E-state index contributed by atoms with van der Waals surface area (Å²) in [6, 6.07) is 9.38. The molecule has 2 rings (SSSR count). The van der Waals surface area contributed by atoms with Crippen LogP contribution in [0.15, 0.2) is 41.3 Å². The van der Waals surface area contributed by atoms with E-state index in [1.54, 1.807) is 18.2 Å². The van der Waals surface area contributed by atoms with E-state index in [-0.39, 0.29) is 10.6 Å². The molecule has 2 aromatic rings. The lowest BCUT2D eigenvalue weighted by Crippen LogP contribution is -2.15. The van der Waals surface area contributed by atoms with Gasteiger partial charge in [0.25, 0.3) is 10.0 Å². The summed E-state index contributed by atoms with van der Waals surface area (Å²) in [4.78, 5) is -0.0297. The maximum absolute atomic E-state index is 12.4. The largest absolute Gasteiger partial charge is 0.497 e. The number of nitrogens with two attached hydrogens (primary N) is 1. The first-order chi connectivity index (χ1) is 9.83. The van der Waals surface area contributed by atoms with Gasteiger partial charge in [-0.25, -0.2) is 8.42 Å². The maximum atomic E-state index is 12.4. The predicted molar refractivity (Wildman–Crippen MR) is 92.4 cm³/mol. The van der Waals surface area contributed by atoms with Crippen molar-refractivity contribution < 1.29 is 13.2 Å². The van der Waals surface area contributed by atoms with Crippen molar-refractivity contribution in [1.29, 1.82) is 0 Å². The highest BCUT2D eigenvalue weighted by molar-refractivity contribution is 14.1. The van der Waals surface area contributed by atoms with E-state index in [1.807, 2.05) is 0 Å². The Morgan fingerprint density at radius 3 is 2.52 bits per heavy atom. The summed E-state index contributed by atoms with van der Waals surface area (Å²) in [5.74, 6) is 0.485. The molecule has 0 amide bonds. The summed E-state index contributed by atoms with van der Waals surface area (Å²) in [5.41, 5.74) is 6.16. The molecule has 0 aliphatic heterocycles. The normalized spacial score (nSPS) is 11.2. The number of rotatable bonds is 4. The summed E-state index contributed by atoms with van der Waals surface area (Å²) in [6.07, 6.45) is 0. The number of anilines is 2. The topological polar surface area (TPSA) is 81.4 Å². The van der Waals surface area contributed by atoms with Crippen LogP contribution in [0.3, 0.4) is 0 Å². The van der Waals surface area contributed by atoms with Gasteiger partial charge in [-0.3, -0.25) is 4.72 Å². The van der Waals surface area contributed by atoms with Crippen LogP contribution in [-0.4, -0.2) is 15.5 Å². The zero-order valence-electron chi connectivity index (χ0n) is 10.9. The fourth-order valence-electron chi connectivity index (χ4n) is 1.67. The van der Waals surface area contributed by atoms with Crippen molar-refractivity contribution in [2.75, 3.05) is 17.6 Å². The van der Waals surface area contributed by atoms with Crippen molar-refractivity contribution in [3.63, 3.8) is 0 Å². The Kier molecular flexibility index (Phi) is 4.84. The molecular weight excluding hydrogens is 427 g/mol. The number of ether oxygens (including phenoxy) is 1. The van der Waals surface area contributed by atoms with Crippen molar-refractivity contribution in [2.24, 2.45) is 0 Å². The summed E-state index contributed by atoms with van der Waals surface area (Å²) in [5, 5.41) is 0.317. The average molecular weight is 439 g/mol. The molecule has 0 aliphatic rings. The van der Waals surface area contributed by atoms with Crippen LogP contribution in [0.4, 0.5) is 11.4 Å². The maximum Gasteiger partial charge on any atom is 0.263 e. The van der Waals surface area contributed by atoms with Gasteiger partial charge in [0, 0.05) is 9.64 Å². The second-order valence-electron chi connectivity index (χ2n) is 4.13. The molecule has 0 aromatic heterocycles. The molecule has 0 fully saturated rings. The minimum absolute atomic E-state index is 0.0297. The molecular formula is C13H12ClIN2O3S. The first-order valence-electron chi connectivity index (χ1n) is 5.75. The van der Waals surface area contributed by atoms with Crippen LogP contribution >= 0.6 is 34.2 Å². The van der Waals surface area contributed by atoms with Crippen molar-refractivity contribution in [3.05, 3.63) is 45.0 Å². The minimum atomic E-state index is -3.82. The Labute approximate surface area is 141 Å². The highest BCUT2D eigenvalue weighted by atomic mass is 127. The highest BCUT2D eigenvalue weighted by Gasteiger charge is 2.19. The second-order valence-corrected chi connectivity index (χ2v) is 7.44. The third-order valence-electron chi connectivity index (χ3n) is 2.68. The lowest BCUT2D eigenvalue weighted by atomic mass is 10.3. The molecule has 0 aliphatic carbocycles. The average Bonchev–Trinajstić information content (AvgIpc) is 2.41. The Morgan fingerprint density at radius 1 is 1.24 bits per heavy atom. The number of methoxy groups -OCH3 is 1. The molecule has 0 saturated carbocycles. The summed E-state index contributed by atoms with van der Waals surface area (Å²) < 4.78 is 33.1. The van der Waals surface area contributed by atoms with Crippen molar-refractivity contribution >= 4 is 55.6 Å². The first-order valence-corrected chi connectivity index (χ1v) is 8.69. The molecule has 8 heteroatoms. The van der Waals surface area contributed by atoms with Crippen LogP contribution in [0.2, 0.25) is 5.02 Å². The van der Waals surface area contributed by atoms with Crippen molar-refractivity contribution in [2.45, 2.75) is 4.90 Å². The quantitative estimate of drug-likeness (QED) is 0.567. The van der Waals surface area contributed by atoms with Gasteiger partial charge in [-0.05, 0) is 52.9 Å². The number of benzene rings is 2. The molecule has 0 radical (unpaired) electrons. The molecule has 0 unspecified atom stereocenters. The van der Waals surface area contributed by atoms with Crippen LogP contribution in [0.1, 0.15) is 0 Å². The zero-order chi connectivity index (χ0) is 15.6. The minimum Gasteiger partial charge on any atom is -0.497 e. The van der Waals surface area contributed by atoms with E-state index in [2.05, 4.69) is 27.3 Å². The number of halogens is 2. The van der Waals surface area contributed by atoms with E-state index in [9.17, 15) is 8.42 Å². The molecule has 0 bridgehead atoms. The molecule has 2 aromatic carbocycles. The Bertz CT molecular complexity index is 781. The van der Waals surface area contributed by atoms with Crippen LogP contribution < -0.4 is 15.2 Å². The Hall–Kier alpha value is -1.19. The molecule has 5 nitrogen and oxygen atoms in total. The van der Waals surface area contributed by atoms with E-state index in [1.165, 1.54) is 25.3 Å². The monoisotopic (exact) mass is 438 g/mol. The fraction of sp³-hybridized carbons (Fsp3) is 0.0769. The van der Waals surface area contributed by atoms with Gasteiger partial charge < -0.3 is 10.5 Å². The highest BCUT2D eigenvalue weighted by Crippen LogP contribution is 2.29. The van der Waals surface area contributed by atoms with Gasteiger partial charge >= 0.3 is 0 Å². The molecule has 0 saturated heterocycles. The van der Waals surface area contributed by atoms with Crippen LogP contribution in [0.25, 0.3) is 0 Å². The zero-order valence-corrected chi connectivity index (χ0v) is 14.7. The van der Waals surface area contributed by atoms with Gasteiger partial charge in [0.1, 0.15) is 10.6 Å². The van der Waals surface area contributed by atoms with Gasteiger partial charge in [-0.1, -0.05) is 11.6 Å². The number of hydrogen-bond donors (Lipinski definition) is 2. The van der Waals surface area contributed by atoms with Crippen LogP contribution in [-0.2, 0) is 10.0 Å². The van der Waals surface area contributed by atoms with E-state index in [0.717, 1.165) is 3.57 Å². The molecule has 3 N–H and O–H groups in total. The van der Waals surface area contributed by atoms with Gasteiger partial charge in [0.2, 0.25) is 0 Å². The second kappa shape index (κ2) is 6.29. The van der Waals surface area contributed by atoms with E-state index >= 15 is 0 Å². The fourth-order valence-corrected chi connectivity index (χ4v) is 3.82. The number of nitrogens with one attached hydrogen (secondary N) is 1. The molecule has 0 spiro atoms. The summed E-state index contributed by atoms with van der Waals surface area (Å²) >= 11 is 8.12. The van der Waals surface area contributed by atoms with Gasteiger partial charge in [0.15, 0.2) is 0 Å². The number of hydrogen-bond acceptors (Lipinski definition) is 4. The Morgan fingerprint density at radius 2 is 1.95 bits per heavy atom. The SMILES string of the molecule is COc1ccc(S(=O)(=O)Nc2ccc(I)cc2Cl)c(N)c1. The molecule has 112 valence electrons. The summed E-state index contributed by atoms with van der Waals surface area (Å²) in [7, 11) is -2.34.